The molecule has 1 saturated heterocycles. The van der Waals surface area contributed by atoms with Crippen molar-refractivity contribution in [3.63, 3.8) is 0 Å². The highest BCUT2D eigenvalue weighted by molar-refractivity contribution is 5.74. The molecule has 1 aromatic carbocycles. The van der Waals surface area contributed by atoms with E-state index in [-0.39, 0.29) is 17.9 Å². The number of piperidine rings is 1. The molecule has 2 aliphatic rings. The smallest absolute Gasteiger partial charge is 0.315 e. The molecule has 1 aliphatic heterocycles. The Kier molecular flexibility index (Phi) is 5.23. The number of rotatable bonds is 4. The van der Waals surface area contributed by atoms with Crippen LogP contribution in [-0.2, 0) is 0 Å². The van der Waals surface area contributed by atoms with Crippen molar-refractivity contribution in [2.75, 3.05) is 24.5 Å². The Hall–Kier alpha value is -1.82. The number of amides is 2. The van der Waals surface area contributed by atoms with Crippen molar-refractivity contribution in [2.45, 2.75) is 50.2 Å². The zero-order valence-corrected chi connectivity index (χ0v) is 13.9. The third-order valence-electron chi connectivity index (χ3n) is 5.12. The van der Waals surface area contributed by atoms with Crippen molar-refractivity contribution >= 4 is 11.7 Å². The molecule has 1 aromatic rings. The summed E-state index contributed by atoms with van der Waals surface area (Å²) in [7, 11) is 0. The van der Waals surface area contributed by atoms with E-state index in [1.165, 1.54) is 6.07 Å². The van der Waals surface area contributed by atoms with E-state index in [0.717, 1.165) is 57.3 Å². The summed E-state index contributed by atoms with van der Waals surface area (Å²) in [6.45, 7) is 1.90. The van der Waals surface area contributed by atoms with E-state index >= 15 is 0 Å². The lowest BCUT2D eigenvalue weighted by atomic mass is 10.0. The predicted octanol–water partition coefficient (Wildman–Crippen LogP) is 2.40. The van der Waals surface area contributed by atoms with Crippen LogP contribution in [0.4, 0.5) is 14.9 Å². The maximum absolute atomic E-state index is 13.3. The van der Waals surface area contributed by atoms with Gasteiger partial charge in [-0.3, -0.25) is 0 Å². The van der Waals surface area contributed by atoms with E-state index in [0.29, 0.717) is 6.54 Å². The van der Waals surface area contributed by atoms with Crippen molar-refractivity contribution in [3.05, 3.63) is 30.1 Å². The zero-order valence-electron chi connectivity index (χ0n) is 13.9. The molecule has 2 amide bonds. The Morgan fingerprint density at radius 1 is 1.29 bits per heavy atom. The van der Waals surface area contributed by atoms with Crippen LogP contribution in [0.2, 0.25) is 0 Å². The summed E-state index contributed by atoms with van der Waals surface area (Å²) in [5.41, 5.74) is 0.166. The highest BCUT2D eigenvalue weighted by atomic mass is 19.1. The van der Waals surface area contributed by atoms with Gasteiger partial charge in [0.1, 0.15) is 5.82 Å². The van der Waals surface area contributed by atoms with Gasteiger partial charge < -0.3 is 20.6 Å². The fraction of sp³-hybridized carbons (Fsp3) is 0.611. The normalized spacial score (nSPS) is 20.8. The van der Waals surface area contributed by atoms with E-state index in [2.05, 4.69) is 15.5 Å². The van der Waals surface area contributed by atoms with Gasteiger partial charge in [-0.2, -0.15) is 0 Å². The van der Waals surface area contributed by atoms with Crippen molar-refractivity contribution in [3.8, 4) is 0 Å². The van der Waals surface area contributed by atoms with E-state index in [4.69, 9.17) is 0 Å². The SMILES string of the molecule is O=C(NCC1(O)CCCC1)NC1CCN(c2cccc(F)c2)CC1. The number of urea groups is 1. The summed E-state index contributed by atoms with van der Waals surface area (Å²) < 4.78 is 13.3. The van der Waals surface area contributed by atoms with E-state index < -0.39 is 5.60 Å². The molecule has 1 aliphatic carbocycles. The summed E-state index contributed by atoms with van der Waals surface area (Å²) in [5.74, 6) is -0.225. The topological polar surface area (TPSA) is 64.6 Å². The van der Waals surface area contributed by atoms with Crippen LogP contribution < -0.4 is 15.5 Å². The minimum Gasteiger partial charge on any atom is -0.388 e. The van der Waals surface area contributed by atoms with Crippen LogP contribution in [0.5, 0.6) is 0 Å². The molecular weight excluding hydrogens is 309 g/mol. The van der Waals surface area contributed by atoms with Crippen LogP contribution in [0.1, 0.15) is 38.5 Å². The lowest BCUT2D eigenvalue weighted by molar-refractivity contribution is 0.0500. The summed E-state index contributed by atoms with van der Waals surface area (Å²) in [4.78, 5) is 14.1. The summed E-state index contributed by atoms with van der Waals surface area (Å²) >= 11 is 0. The Morgan fingerprint density at radius 2 is 2.00 bits per heavy atom. The van der Waals surface area contributed by atoms with Gasteiger partial charge in [0.15, 0.2) is 0 Å². The number of carbonyl (C=O) groups excluding carboxylic acids is 1. The van der Waals surface area contributed by atoms with E-state index in [1.54, 1.807) is 12.1 Å². The van der Waals surface area contributed by atoms with Gasteiger partial charge in [-0.1, -0.05) is 18.9 Å². The molecule has 132 valence electrons. The van der Waals surface area contributed by atoms with Crippen molar-refractivity contribution in [2.24, 2.45) is 0 Å². The maximum Gasteiger partial charge on any atom is 0.315 e. The van der Waals surface area contributed by atoms with Crippen LogP contribution in [0.3, 0.4) is 0 Å². The number of halogens is 1. The van der Waals surface area contributed by atoms with Crippen molar-refractivity contribution in [1.29, 1.82) is 0 Å². The molecule has 3 N–H and O–H groups in total. The lowest BCUT2D eigenvalue weighted by Gasteiger charge is -2.34. The number of nitrogens with zero attached hydrogens (tertiary/aromatic N) is 1. The molecule has 2 fully saturated rings. The molecule has 1 saturated carbocycles. The largest absolute Gasteiger partial charge is 0.388 e. The number of carbonyl (C=O) groups is 1. The van der Waals surface area contributed by atoms with E-state index in [1.807, 2.05) is 6.07 Å². The number of benzene rings is 1. The lowest BCUT2D eigenvalue weighted by Crippen LogP contribution is -2.50. The standard InChI is InChI=1S/C18H26FN3O2/c19-14-4-3-5-16(12-14)22-10-6-15(7-11-22)21-17(23)20-13-18(24)8-1-2-9-18/h3-5,12,15,24H,1-2,6-11,13H2,(H2,20,21,23). The summed E-state index contributed by atoms with van der Waals surface area (Å²) in [6.07, 6.45) is 5.23. The molecular formula is C18H26FN3O2. The predicted molar refractivity (Wildman–Crippen MR) is 91.6 cm³/mol. The fourth-order valence-electron chi connectivity index (χ4n) is 3.65. The second-order valence-corrected chi connectivity index (χ2v) is 7.00. The monoisotopic (exact) mass is 335 g/mol. The minimum atomic E-state index is -0.724. The van der Waals surface area contributed by atoms with Crippen molar-refractivity contribution < 1.29 is 14.3 Å². The number of anilines is 1. The van der Waals surface area contributed by atoms with Gasteiger partial charge in [-0.05, 0) is 43.9 Å². The van der Waals surface area contributed by atoms with Gasteiger partial charge >= 0.3 is 6.03 Å². The first-order valence-corrected chi connectivity index (χ1v) is 8.81. The summed E-state index contributed by atoms with van der Waals surface area (Å²) in [5, 5.41) is 16.0. The van der Waals surface area contributed by atoms with Crippen LogP contribution in [-0.4, -0.2) is 42.4 Å². The Bertz CT molecular complexity index is 567. The van der Waals surface area contributed by atoms with Gasteiger partial charge in [0.05, 0.1) is 5.60 Å². The van der Waals surface area contributed by atoms with Crippen LogP contribution in [0.15, 0.2) is 24.3 Å². The first kappa shape index (κ1) is 17.0. The first-order chi connectivity index (χ1) is 11.5. The maximum atomic E-state index is 13.3. The fourth-order valence-corrected chi connectivity index (χ4v) is 3.65. The molecule has 0 spiro atoms. The molecule has 0 bridgehead atoms. The third kappa shape index (κ3) is 4.38. The molecule has 0 atom stereocenters. The van der Waals surface area contributed by atoms with Crippen LogP contribution >= 0.6 is 0 Å². The highest BCUT2D eigenvalue weighted by Gasteiger charge is 2.31. The van der Waals surface area contributed by atoms with Gasteiger partial charge in [0.25, 0.3) is 0 Å². The number of aliphatic hydroxyl groups is 1. The number of hydrogen-bond donors (Lipinski definition) is 3. The number of nitrogens with one attached hydrogen (secondary N) is 2. The second-order valence-electron chi connectivity index (χ2n) is 7.00. The highest BCUT2D eigenvalue weighted by Crippen LogP contribution is 2.28. The average molecular weight is 335 g/mol. The Balaban J connectivity index is 1.41. The molecule has 3 rings (SSSR count). The van der Waals surface area contributed by atoms with Crippen LogP contribution in [0, 0.1) is 5.82 Å². The average Bonchev–Trinajstić information content (AvgIpc) is 3.01. The van der Waals surface area contributed by atoms with Crippen LogP contribution in [0.25, 0.3) is 0 Å². The minimum absolute atomic E-state index is 0.119. The van der Waals surface area contributed by atoms with E-state index in [9.17, 15) is 14.3 Å². The molecule has 5 nitrogen and oxygen atoms in total. The molecule has 0 unspecified atom stereocenters. The molecule has 0 radical (unpaired) electrons. The molecule has 24 heavy (non-hydrogen) atoms. The Morgan fingerprint density at radius 3 is 2.67 bits per heavy atom. The third-order valence-corrected chi connectivity index (χ3v) is 5.12. The molecule has 0 aromatic heterocycles. The molecule has 6 heteroatoms. The number of hydrogen-bond acceptors (Lipinski definition) is 3. The van der Waals surface area contributed by atoms with Crippen molar-refractivity contribution in [1.82, 2.24) is 10.6 Å². The Labute approximate surface area is 142 Å². The van der Waals surface area contributed by atoms with Gasteiger partial charge in [-0.25, -0.2) is 9.18 Å². The first-order valence-electron chi connectivity index (χ1n) is 8.81. The van der Waals surface area contributed by atoms with Gasteiger partial charge in [0, 0.05) is 31.4 Å². The summed E-state index contributed by atoms with van der Waals surface area (Å²) in [6, 6.07) is 6.53. The quantitative estimate of drug-likeness (QED) is 0.792. The zero-order chi connectivity index (χ0) is 17.0. The second kappa shape index (κ2) is 7.38. The van der Waals surface area contributed by atoms with Gasteiger partial charge in [-0.15, -0.1) is 0 Å². The van der Waals surface area contributed by atoms with Gasteiger partial charge in [0.2, 0.25) is 0 Å². The molecule has 1 heterocycles.